The van der Waals surface area contributed by atoms with Crippen molar-refractivity contribution in [1.82, 2.24) is 5.43 Å². The van der Waals surface area contributed by atoms with Crippen molar-refractivity contribution in [3.63, 3.8) is 0 Å². The van der Waals surface area contributed by atoms with Crippen molar-refractivity contribution >= 4 is 0 Å². The van der Waals surface area contributed by atoms with Gasteiger partial charge in [0.1, 0.15) is 0 Å². The van der Waals surface area contributed by atoms with E-state index in [2.05, 4.69) is 11.5 Å². The van der Waals surface area contributed by atoms with E-state index in [0.29, 0.717) is 12.0 Å². The van der Waals surface area contributed by atoms with E-state index < -0.39 is 11.6 Å². The molecular weight excluding hydrogens is 246 g/mol. The van der Waals surface area contributed by atoms with Gasteiger partial charge in [-0.1, -0.05) is 23.8 Å². The van der Waals surface area contributed by atoms with E-state index >= 15 is 0 Å². The van der Waals surface area contributed by atoms with Crippen LogP contribution in [-0.2, 0) is 6.42 Å². The van der Waals surface area contributed by atoms with Crippen LogP contribution in [0.3, 0.4) is 0 Å². The average Bonchev–Trinajstić information content (AvgIpc) is 2.44. The molecule has 0 aliphatic heterocycles. The Morgan fingerprint density at radius 3 is 2.74 bits per heavy atom. The first-order chi connectivity index (χ1) is 9.20. The third kappa shape index (κ3) is 3.85. The molecule has 0 fully saturated rings. The molecule has 104 valence electrons. The fraction of sp³-hybridized carbons (Fsp3) is 0.467. The van der Waals surface area contributed by atoms with Crippen LogP contribution in [0.2, 0.25) is 0 Å². The van der Waals surface area contributed by atoms with Crippen molar-refractivity contribution < 1.29 is 8.78 Å². The van der Waals surface area contributed by atoms with E-state index in [1.165, 1.54) is 24.5 Å². The second-order valence-corrected chi connectivity index (χ2v) is 5.09. The molecule has 1 aromatic carbocycles. The van der Waals surface area contributed by atoms with Crippen LogP contribution in [0.1, 0.15) is 37.7 Å². The third-order valence-electron chi connectivity index (χ3n) is 3.63. The summed E-state index contributed by atoms with van der Waals surface area (Å²) in [5.74, 6) is 3.97. The van der Waals surface area contributed by atoms with Gasteiger partial charge in [0.25, 0.3) is 0 Å². The number of hydrogen-bond acceptors (Lipinski definition) is 2. The van der Waals surface area contributed by atoms with Crippen LogP contribution in [-0.4, -0.2) is 6.04 Å². The molecule has 0 bridgehead atoms. The molecule has 1 aliphatic rings. The first kappa shape index (κ1) is 14.2. The van der Waals surface area contributed by atoms with Crippen molar-refractivity contribution in [3.05, 3.63) is 47.0 Å². The fourth-order valence-electron chi connectivity index (χ4n) is 2.57. The summed E-state index contributed by atoms with van der Waals surface area (Å²) in [6, 6.07) is 4.22. The highest BCUT2D eigenvalue weighted by Gasteiger charge is 2.15. The van der Waals surface area contributed by atoms with Crippen molar-refractivity contribution in [3.8, 4) is 0 Å². The summed E-state index contributed by atoms with van der Waals surface area (Å²) in [7, 11) is 0. The van der Waals surface area contributed by atoms with Crippen LogP contribution in [0.25, 0.3) is 0 Å². The van der Waals surface area contributed by atoms with Crippen molar-refractivity contribution in [2.45, 2.75) is 44.6 Å². The number of nitrogens with one attached hydrogen (secondary N) is 1. The molecule has 1 aliphatic carbocycles. The van der Waals surface area contributed by atoms with E-state index in [1.54, 1.807) is 6.07 Å². The Balaban J connectivity index is 2.02. The van der Waals surface area contributed by atoms with E-state index in [0.717, 1.165) is 25.3 Å². The zero-order valence-corrected chi connectivity index (χ0v) is 11.0. The average molecular weight is 266 g/mol. The van der Waals surface area contributed by atoms with Crippen LogP contribution in [0, 0.1) is 11.6 Å². The first-order valence-electron chi connectivity index (χ1n) is 6.77. The summed E-state index contributed by atoms with van der Waals surface area (Å²) < 4.78 is 26.8. The van der Waals surface area contributed by atoms with Crippen LogP contribution in [0.5, 0.6) is 0 Å². The highest BCUT2D eigenvalue weighted by Crippen LogP contribution is 2.23. The molecule has 0 saturated carbocycles. The molecule has 0 aromatic heterocycles. The summed E-state index contributed by atoms with van der Waals surface area (Å²) in [5.41, 5.74) is 4.46. The van der Waals surface area contributed by atoms with Gasteiger partial charge in [0.05, 0.1) is 0 Å². The molecule has 0 amide bonds. The Labute approximate surface area is 112 Å². The number of hydrazine groups is 1. The predicted molar refractivity (Wildman–Crippen MR) is 72.3 cm³/mol. The van der Waals surface area contributed by atoms with Gasteiger partial charge in [0, 0.05) is 6.04 Å². The molecule has 2 rings (SSSR count). The maximum Gasteiger partial charge on any atom is 0.162 e. The van der Waals surface area contributed by atoms with Crippen LogP contribution in [0.15, 0.2) is 29.8 Å². The summed E-state index contributed by atoms with van der Waals surface area (Å²) in [5, 5.41) is 0. The number of allylic oxidation sites excluding steroid dienone is 1. The lowest BCUT2D eigenvalue weighted by Gasteiger charge is -2.20. The van der Waals surface area contributed by atoms with Crippen molar-refractivity contribution in [2.75, 3.05) is 0 Å². The Hall–Kier alpha value is -1.26. The minimum absolute atomic E-state index is 0.0550. The molecule has 0 heterocycles. The van der Waals surface area contributed by atoms with E-state index in [-0.39, 0.29) is 6.04 Å². The predicted octanol–water partition coefficient (Wildman–Crippen LogP) is 3.23. The standard InChI is InChI=1S/C15H20F2N2/c16-14-8-4-7-12(15(14)17)10-13(19-18)9-11-5-2-1-3-6-11/h4-5,7-8,13,19H,1-3,6,9-10,18H2. The highest BCUT2D eigenvalue weighted by atomic mass is 19.2. The second kappa shape index (κ2) is 6.78. The number of rotatable bonds is 5. The molecule has 2 nitrogen and oxygen atoms in total. The van der Waals surface area contributed by atoms with Gasteiger partial charge < -0.3 is 0 Å². The number of nitrogens with two attached hydrogens (primary N) is 1. The molecule has 3 N–H and O–H groups in total. The smallest absolute Gasteiger partial charge is 0.162 e. The lowest BCUT2D eigenvalue weighted by Crippen LogP contribution is -2.37. The molecule has 1 unspecified atom stereocenters. The van der Waals surface area contributed by atoms with E-state index in [9.17, 15) is 8.78 Å². The summed E-state index contributed by atoms with van der Waals surface area (Å²) >= 11 is 0. The zero-order chi connectivity index (χ0) is 13.7. The largest absolute Gasteiger partial charge is 0.271 e. The van der Waals surface area contributed by atoms with Crippen molar-refractivity contribution in [2.24, 2.45) is 5.84 Å². The Morgan fingerprint density at radius 2 is 2.05 bits per heavy atom. The molecule has 0 saturated heterocycles. The second-order valence-electron chi connectivity index (χ2n) is 5.09. The maximum absolute atomic E-state index is 13.6. The van der Waals surface area contributed by atoms with Gasteiger partial charge in [0.15, 0.2) is 11.6 Å². The van der Waals surface area contributed by atoms with Gasteiger partial charge in [-0.2, -0.15) is 0 Å². The topological polar surface area (TPSA) is 38.0 Å². The van der Waals surface area contributed by atoms with Crippen LogP contribution < -0.4 is 11.3 Å². The van der Waals surface area contributed by atoms with Gasteiger partial charge in [0.2, 0.25) is 0 Å². The molecular formula is C15H20F2N2. The van der Waals surface area contributed by atoms with Gasteiger partial charge >= 0.3 is 0 Å². The quantitative estimate of drug-likeness (QED) is 0.488. The van der Waals surface area contributed by atoms with Gasteiger partial charge in [-0.3, -0.25) is 11.3 Å². The van der Waals surface area contributed by atoms with Gasteiger partial charge in [-0.25, -0.2) is 8.78 Å². The van der Waals surface area contributed by atoms with Crippen LogP contribution >= 0.6 is 0 Å². The minimum Gasteiger partial charge on any atom is -0.271 e. The van der Waals surface area contributed by atoms with Gasteiger partial charge in [-0.05, 0) is 50.2 Å². The third-order valence-corrected chi connectivity index (χ3v) is 3.63. The summed E-state index contributed by atoms with van der Waals surface area (Å²) in [4.78, 5) is 0. The summed E-state index contributed by atoms with van der Waals surface area (Å²) in [6.07, 6.45) is 8.09. The number of halogens is 2. The Bertz CT molecular complexity index is 457. The fourth-order valence-corrected chi connectivity index (χ4v) is 2.57. The van der Waals surface area contributed by atoms with E-state index in [4.69, 9.17) is 5.84 Å². The highest BCUT2D eigenvalue weighted by molar-refractivity contribution is 5.21. The first-order valence-corrected chi connectivity index (χ1v) is 6.77. The summed E-state index contributed by atoms with van der Waals surface area (Å²) in [6.45, 7) is 0. The van der Waals surface area contributed by atoms with Crippen LogP contribution in [0.4, 0.5) is 8.78 Å². The normalized spacial score (nSPS) is 17.1. The zero-order valence-electron chi connectivity index (χ0n) is 11.0. The molecule has 1 aromatic rings. The van der Waals surface area contributed by atoms with E-state index in [1.807, 2.05) is 0 Å². The minimum atomic E-state index is -0.801. The molecule has 0 radical (unpaired) electrons. The van der Waals surface area contributed by atoms with Crippen molar-refractivity contribution in [1.29, 1.82) is 0 Å². The monoisotopic (exact) mass is 266 g/mol. The van der Waals surface area contributed by atoms with Gasteiger partial charge in [-0.15, -0.1) is 0 Å². The lowest BCUT2D eigenvalue weighted by atomic mass is 9.92. The molecule has 4 heteroatoms. The molecule has 19 heavy (non-hydrogen) atoms. The Kier molecular flexibility index (Phi) is 5.05. The Morgan fingerprint density at radius 1 is 1.21 bits per heavy atom. The number of hydrogen-bond donors (Lipinski definition) is 2. The lowest BCUT2D eigenvalue weighted by molar-refractivity contribution is 0.468. The molecule has 1 atom stereocenters. The maximum atomic E-state index is 13.6. The number of benzene rings is 1. The SMILES string of the molecule is NNC(CC1=CCCCC1)Cc1cccc(F)c1F. The molecule has 0 spiro atoms.